The Balaban J connectivity index is 2.06. The molecule has 0 aliphatic carbocycles. The van der Waals surface area contributed by atoms with Gasteiger partial charge >= 0.3 is 5.97 Å². The Labute approximate surface area is 165 Å². The third kappa shape index (κ3) is 3.58. The molecule has 0 bridgehead atoms. The largest absolute Gasteiger partial charge is 0.468 e. The number of carbonyl (C=O) groups excluding carboxylic acids is 1. The number of benzene rings is 2. The Morgan fingerprint density at radius 3 is 2.50 bits per heavy atom. The van der Waals surface area contributed by atoms with Gasteiger partial charge in [-0.15, -0.1) is 0 Å². The maximum atomic E-state index is 12.8. The molecule has 3 rings (SSSR count). The zero-order valence-corrected chi connectivity index (χ0v) is 17.4. The molecule has 0 amide bonds. The van der Waals surface area contributed by atoms with Crippen LogP contribution in [0.25, 0.3) is 21.9 Å². The molecule has 0 radical (unpaired) electrons. The van der Waals surface area contributed by atoms with E-state index in [1.165, 1.54) is 13.2 Å². The van der Waals surface area contributed by atoms with Gasteiger partial charge in [-0.1, -0.05) is 13.8 Å². The first kappa shape index (κ1) is 19.1. The number of methoxy groups -OCH3 is 1. The van der Waals surface area contributed by atoms with Crippen LogP contribution in [0.4, 0.5) is 0 Å². The van der Waals surface area contributed by atoms with E-state index in [4.69, 9.17) is 9.15 Å². The zero-order chi connectivity index (χ0) is 19.1. The van der Waals surface area contributed by atoms with Crippen molar-refractivity contribution in [1.82, 2.24) is 4.72 Å². The number of carbonyl (C=O) groups is 1. The van der Waals surface area contributed by atoms with Crippen molar-refractivity contribution in [3.8, 4) is 0 Å². The van der Waals surface area contributed by atoms with Crippen LogP contribution in [-0.4, -0.2) is 27.5 Å². The Kier molecular flexibility index (Phi) is 5.27. The predicted octanol–water partition coefficient (Wildman–Crippen LogP) is 3.67. The molecule has 0 spiro atoms. The zero-order valence-electron chi connectivity index (χ0n) is 14.4. The van der Waals surface area contributed by atoms with Gasteiger partial charge in [0.05, 0.1) is 12.0 Å². The number of halogens is 1. The lowest BCUT2D eigenvalue weighted by molar-refractivity contribution is -0.143. The Hall–Kier alpha value is -1.65. The maximum Gasteiger partial charge on any atom is 0.324 e. The average molecular weight is 487 g/mol. The standard InChI is InChI=1S/C18H18INO5S/c1-10(2)17(18(21)24-3)20-26(22,23)12-5-7-15-14(9-12)13-6-4-11(19)8-16(13)25-15/h4-10,17,20H,1-3H3/t17-/m1/s1. The fourth-order valence-electron chi connectivity index (χ4n) is 2.72. The van der Waals surface area contributed by atoms with Crippen molar-refractivity contribution in [2.75, 3.05) is 7.11 Å². The molecule has 3 aromatic rings. The number of fused-ring (bicyclic) bond motifs is 3. The topological polar surface area (TPSA) is 85.6 Å². The molecule has 8 heteroatoms. The van der Waals surface area contributed by atoms with Crippen LogP contribution in [0.15, 0.2) is 45.7 Å². The summed E-state index contributed by atoms with van der Waals surface area (Å²) in [5.41, 5.74) is 1.30. The molecule has 26 heavy (non-hydrogen) atoms. The number of nitrogens with one attached hydrogen (secondary N) is 1. The minimum absolute atomic E-state index is 0.0702. The first-order valence-corrected chi connectivity index (χ1v) is 10.5. The third-order valence-corrected chi connectivity index (χ3v) is 6.23. The number of hydrogen-bond donors (Lipinski definition) is 1. The van der Waals surface area contributed by atoms with Gasteiger partial charge in [0.1, 0.15) is 17.2 Å². The highest BCUT2D eigenvalue weighted by molar-refractivity contribution is 14.1. The smallest absolute Gasteiger partial charge is 0.324 e. The average Bonchev–Trinajstić information content (AvgIpc) is 2.95. The molecule has 0 unspecified atom stereocenters. The fourth-order valence-corrected chi connectivity index (χ4v) is 4.54. The number of rotatable bonds is 5. The van der Waals surface area contributed by atoms with Crippen LogP contribution in [0.1, 0.15) is 13.8 Å². The highest BCUT2D eigenvalue weighted by Gasteiger charge is 2.29. The molecule has 1 atom stereocenters. The summed E-state index contributed by atoms with van der Waals surface area (Å²) in [7, 11) is -2.67. The Bertz CT molecular complexity index is 1090. The van der Waals surface area contributed by atoms with Crippen molar-refractivity contribution in [2.45, 2.75) is 24.8 Å². The fraction of sp³-hybridized carbons (Fsp3) is 0.278. The van der Waals surface area contributed by atoms with E-state index in [1.807, 2.05) is 18.2 Å². The van der Waals surface area contributed by atoms with Crippen LogP contribution in [0.2, 0.25) is 0 Å². The first-order chi connectivity index (χ1) is 12.2. The highest BCUT2D eigenvalue weighted by atomic mass is 127. The van der Waals surface area contributed by atoms with Gasteiger partial charge in [-0.3, -0.25) is 4.79 Å². The molecule has 6 nitrogen and oxygen atoms in total. The van der Waals surface area contributed by atoms with E-state index in [0.29, 0.717) is 16.6 Å². The summed E-state index contributed by atoms with van der Waals surface area (Å²) in [5, 5.41) is 1.55. The quantitative estimate of drug-likeness (QED) is 0.439. The molecule has 0 saturated heterocycles. The summed E-state index contributed by atoms with van der Waals surface area (Å²) in [6, 6.07) is 9.43. The number of ether oxygens (including phenoxy) is 1. The lowest BCUT2D eigenvalue weighted by Crippen LogP contribution is -2.44. The van der Waals surface area contributed by atoms with Crippen molar-refractivity contribution >= 4 is 60.5 Å². The lowest BCUT2D eigenvalue weighted by atomic mass is 10.1. The molecular weight excluding hydrogens is 469 g/mol. The van der Waals surface area contributed by atoms with Crippen LogP contribution < -0.4 is 4.72 Å². The summed E-state index contributed by atoms with van der Waals surface area (Å²) >= 11 is 2.19. The summed E-state index contributed by atoms with van der Waals surface area (Å²) in [4.78, 5) is 11.9. The summed E-state index contributed by atoms with van der Waals surface area (Å²) in [5.74, 6) is -0.870. The van der Waals surface area contributed by atoms with E-state index in [0.717, 1.165) is 8.96 Å². The second-order valence-corrected chi connectivity index (χ2v) is 9.23. The molecule has 0 aliphatic heterocycles. The predicted molar refractivity (Wildman–Crippen MR) is 107 cm³/mol. The maximum absolute atomic E-state index is 12.8. The minimum atomic E-state index is -3.90. The van der Waals surface area contributed by atoms with Gasteiger partial charge in [-0.2, -0.15) is 4.72 Å². The molecule has 138 valence electrons. The first-order valence-electron chi connectivity index (χ1n) is 7.95. The van der Waals surface area contributed by atoms with Crippen LogP contribution >= 0.6 is 22.6 Å². The Morgan fingerprint density at radius 1 is 1.12 bits per heavy atom. The van der Waals surface area contributed by atoms with E-state index in [-0.39, 0.29) is 10.8 Å². The lowest BCUT2D eigenvalue weighted by Gasteiger charge is -2.19. The highest BCUT2D eigenvalue weighted by Crippen LogP contribution is 2.31. The number of hydrogen-bond acceptors (Lipinski definition) is 5. The molecule has 1 aromatic heterocycles. The van der Waals surface area contributed by atoms with Gasteiger partial charge in [0.25, 0.3) is 0 Å². The van der Waals surface area contributed by atoms with E-state index < -0.39 is 22.0 Å². The van der Waals surface area contributed by atoms with Crippen molar-refractivity contribution < 1.29 is 22.4 Å². The van der Waals surface area contributed by atoms with Crippen molar-refractivity contribution in [2.24, 2.45) is 5.92 Å². The van der Waals surface area contributed by atoms with E-state index >= 15 is 0 Å². The monoisotopic (exact) mass is 487 g/mol. The van der Waals surface area contributed by atoms with Gasteiger partial charge in [-0.05, 0) is 64.9 Å². The molecule has 0 saturated carbocycles. The summed E-state index contributed by atoms with van der Waals surface area (Å²) < 4.78 is 39.5. The number of esters is 1. The van der Waals surface area contributed by atoms with Gasteiger partial charge in [-0.25, -0.2) is 8.42 Å². The van der Waals surface area contributed by atoms with Gasteiger partial charge in [0.2, 0.25) is 10.0 Å². The van der Waals surface area contributed by atoms with E-state index in [1.54, 1.807) is 26.0 Å². The number of sulfonamides is 1. The summed E-state index contributed by atoms with van der Waals surface area (Å²) in [6.45, 7) is 3.50. The Morgan fingerprint density at radius 2 is 1.85 bits per heavy atom. The second kappa shape index (κ2) is 7.16. The minimum Gasteiger partial charge on any atom is -0.468 e. The van der Waals surface area contributed by atoms with E-state index in [2.05, 4.69) is 27.3 Å². The van der Waals surface area contributed by atoms with Crippen molar-refractivity contribution in [3.63, 3.8) is 0 Å². The number of furan rings is 1. The molecular formula is C18H18INO5S. The molecule has 1 heterocycles. The molecule has 0 aliphatic rings. The summed E-state index contributed by atoms with van der Waals surface area (Å²) in [6.07, 6.45) is 0. The van der Waals surface area contributed by atoms with Crippen LogP contribution in [0.3, 0.4) is 0 Å². The van der Waals surface area contributed by atoms with Crippen molar-refractivity contribution in [1.29, 1.82) is 0 Å². The van der Waals surface area contributed by atoms with Crippen LogP contribution in [0.5, 0.6) is 0 Å². The normalized spacial score (nSPS) is 13.4. The van der Waals surface area contributed by atoms with Gasteiger partial charge in [0.15, 0.2) is 0 Å². The second-order valence-electron chi connectivity index (χ2n) is 6.27. The SMILES string of the molecule is COC(=O)[C@H](NS(=O)(=O)c1ccc2oc3cc(I)ccc3c2c1)C(C)C. The molecule has 2 aromatic carbocycles. The van der Waals surface area contributed by atoms with E-state index in [9.17, 15) is 13.2 Å². The van der Waals surface area contributed by atoms with Gasteiger partial charge < -0.3 is 9.15 Å². The molecule has 1 N–H and O–H groups in total. The third-order valence-electron chi connectivity index (χ3n) is 4.12. The van der Waals surface area contributed by atoms with Crippen molar-refractivity contribution in [3.05, 3.63) is 40.0 Å². The van der Waals surface area contributed by atoms with Crippen LogP contribution in [0, 0.1) is 9.49 Å². The molecule has 0 fully saturated rings. The van der Waals surface area contributed by atoms with Gasteiger partial charge in [0, 0.05) is 14.3 Å². The van der Waals surface area contributed by atoms with Crippen LogP contribution in [-0.2, 0) is 19.6 Å².